The van der Waals surface area contributed by atoms with E-state index < -0.39 is 0 Å². The molecule has 3 rings (SSSR count). The van der Waals surface area contributed by atoms with Crippen molar-refractivity contribution in [2.24, 2.45) is 0 Å². The van der Waals surface area contributed by atoms with Gasteiger partial charge in [0.2, 0.25) is 0 Å². The molecule has 0 fully saturated rings. The van der Waals surface area contributed by atoms with Crippen LogP contribution in [-0.2, 0) is 12.2 Å². The first-order chi connectivity index (χ1) is 15.1. The van der Waals surface area contributed by atoms with Crippen molar-refractivity contribution in [3.8, 4) is 11.5 Å². The van der Waals surface area contributed by atoms with Gasteiger partial charge in [-0.3, -0.25) is 4.79 Å². The van der Waals surface area contributed by atoms with Crippen LogP contribution in [0.5, 0.6) is 11.5 Å². The topological polar surface area (TPSA) is 60.5 Å². The Morgan fingerprint density at radius 3 is 2.48 bits per heavy atom. The summed E-state index contributed by atoms with van der Waals surface area (Å²) in [7, 11) is 0. The van der Waals surface area contributed by atoms with Crippen molar-refractivity contribution in [1.82, 2.24) is 10.3 Å². The molecule has 0 saturated carbocycles. The fourth-order valence-electron chi connectivity index (χ4n) is 3.01. The van der Waals surface area contributed by atoms with Crippen LogP contribution in [0.3, 0.4) is 0 Å². The van der Waals surface area contributed by atoms with Gasteiger partial charge in [-0.1, -0.05) is 6.07 Å². The molecule has 2 aromatic carbocycles. The van der Waals surface area contributed by atoms with Crippen molar-refractivity contribution in [3.63, 3.8) is 0 Å². The average molecular weight is 457 g/mol. The smallest absolute Gasteiger partial charge is 0.251 e. The molecular formula is C24H28N2O3S2. The quantitative estimate of drug-likeness (QED) is 0.385. The number of benzene rings is 2. The highest BCUT2D eigenvalue weighted by Gasteiger charge is 2.08. The van der Waals surface area contributed by atoms with E-state index >= 15 is 0 Å². The van der Waals surface area contributed by atoms with Crippen molar-refractivity contribution in [2.45, 2.75) is 37.8 Å². The minimum atomic E-state index is -0.0670. The first-order valence-corrected chi connectivity index (χ1v) is 12.3. The number of ether oxygens (including phenoxy) is 2. The minimum Gasteiger partial charge on any atom is -0.490 e. The number of rotatable bonds is 11. The molecule has 0 spiro atoms. The number of carbonyl (C=O) groups excluding carboxylic acids is 1. The number of amides is 1. The lowest BCUT2D eigenvalue weighted by Gasteiger charge is -2.12. The number of hydrogen-bond donors (Lipinski definition) is 1. The molecule has 1 amide bonds. The maximum absolute atomic E-state index is 12.5. The number of nitrogens with one attached hydrogen (secondary N) is 1. The predicted octanol–water partition coefficient (Wildman–Crippen LogP) is 5.51. The summed E-state index contributed by atoms with van der Waals surface area (Å²) in [5, 5.41) is 6.17. The Hall–Kier alpha value is -2.51. The molecule has 0 aliphatic heterocycles. The first-order valence-electron chi connectivity index (χ1n) is 10.4. The number of aromatic nitrogens is 1. The van der Waals surface area contributed by atoms with E-state index in [0.29, 0.717) is 25.3 Å². The highest BCUT2D eigenvalue weighted by atomic mass is 32.2. The van der Waals surface area contributed by atoms with Gasteiger partial charge in [0.05, 0.1) is 23.9 Å². The van der Waals surface area contributed by atoms with Crippen LogP contribution in [0.15, 0.2) is 52.7 Å². The Kier molecular flexibility index (Phi) is 8.79. The molecule has 1 aromatic heterocycles. The normalized spacial score (nSPS) is 10.7. The molecule has 0 saturated heterocycles. The summed E-state index contributed by atoms with van der Waals surface area (Å²) in [5.74, 6) is 2.26. The zero-order valence-electron chi connectivity index (χ0n) is 18.1. The lowest BCUT2D eigenvalue weighted by atomic mass is 10.1. The van der Waals surface area contributed by atoms with Crippen LogP contribution >= 0.6 is 23.1 Å². The molecule has 0 atom stereocenters. The molecule has 31 heavy (non-hydrogen) atoms. The fourth-order valence-corrected chi connectivity index (χ4v) is 4.52. The van der Waals surface area contributed by atoms with E-state index in [9.17, 15) is 4.79 Å². The van der Waals surface area contributed by atoms with E-state index in [1.54, 1.807) is 23.1 Å². The third kappa shape index (κ3) is 7.01. The predicted molar refractivity (Wildman–Crippen MR) is 128 cm³/mol. The standard InChI is InChI=1S/C24H28N2O3S2/c1-4-28-22-11-6-18(14-23(22)29-5-2)12-13-25-24(27)19-7-9-21(10-8-19)31-16-20-15-30-17(3)26-20/h6-11,14-15H,4-5,12-13,16H2,1-3H3,(H,25,27). The number of carbonyl (C=O) groups is 1. The van der Waals surface area contributed by atoms with Crippen molar-refractivity contribution in [3.05, 3.63) is 69.7 Å². The molecule has 164 valence electrons. The van der Waals surface area contributed by atoms with Gasteiger partial charge in [0.1, 0.15) is 0 Å². The van der Waals surface area contributed by atoms with Gasteiger partial charge in [-0.05, 0) is 69.2 Å². The van der Waals surface area contributed by atoms with Crippen LogP contribution in [0.1, 0.15) is 40.5 Å². The van der Waals surface area contributed by atoms with Crippen LogP contribution in [-0.4, -0.2) is 30.6 Å². The molecule has 0 radical (unpaired) electrons. The number of nitrogens with zero attached hydrogens (tertiary/aromatic N) is 1. The van der Waals surface area contributed by atoms with E-state index in [-0.39, 0.29) is 5.91 Å². The molecule has 7 heteroatoms. The highest BCUT2D eigenvalue weighted by molar-refractivity contribution is 7.98. The van der Waals surface area contributed by atoms with Crippen LogP contribution in [0.2, 0.25) is 0 Å². The van der Waals surface area contributed by atoms with Crippen molar-refractivity contribution >= 4 is 29.0 Å². The SMILES string of the molecule is CCOc1ccc(CCNC(=O)c2ccc(SCc3csc(C)n3)cc2)cc1OCC. The minimum absolute atomic E-state index is 0.0670. The fraction of sp³-hybridized carbons (Fsp3) is 0.333. The van der Waals surface area contributed by atoms with E-state index in [1.807, 2.05) is 63.2 Å². The van der Waals surface area contributed by atoms with Gasteiger partial charge in [-0.25, -0.2) is 4.98 Å². The summed E-state index contributed by atoms with van der Waals surface area (Å²) in [6, 6.07) is 13.6. The van der Waals surface area contributed by atoms with Crippen LogP contribution in [0.25, 0.3) is 0 Å². The third-order valence-electron chi connectivity index (χ3n) is 4.48. The second kappa shape index (κ2) is 11.8. The Morgan fingerprint density at radius 2 is 1.81 bits per heavy atom. The molecule has 0 aliphatic rings. The maximum Gasteiger partial charge on any atom is 0.251 e. The average Bonchev–Trinajstić information content (AvgIpc) is 3.20. The molecule has 0 bridgehead atoms. The molecule has 5 nitrogen and oxygen atoms in total. The zero-order valence-corrected chi connectivity index (χ0v) is 19.8. The van der Waals surface area contributed by atoms with Crippen LogP contribution < -0.4 is 14.8 Å². The van der Waals surface area contributed by atoms with Crippen LogP contribution in [0.4, 0.5) is 0 Å². The summed E-state index contributed by atoms with van der Waals surface area (Å²) in [5.41, 5.74) is 2.85. The van der Waals surface area contributed by atoms with Gasteiger partial charge >= 0.3 is 0 Å². The van der Waals surface area contributed by atoms with Gasteiger partial charge in [0.25, 0.3) is 5.91 Å². The monoisotopic (exact) mass is 456 g/mol. The van der Waals surface area contributed by atoms with Crippen LogP contribution in [0, 0.1) is 6.92 Å². The van der Waals surface area contributed by atoms with E-state index in [2.05, 4.69) is 15.7 Å². The third-order valence-corrected chi connectivity index (χ3v) is 6.34. The summed E-state index contributed by atoms with van der Waals surface area (Å²) in [6.45, 7) is 7.64. The summed E-state index contributed by atoms with van der Waals surface area (Å²) in [6.07, 6.45) is 0.721. The summed E-state index contributed by atoms with van der Waals surface area (Å²) < 4.78 is 11.3. The lowest BCUT2D eigenvalue weighted by Crippen LogP contribution is -2.25. The van der Waals surface area contributed by atoms with Gasteiger partial charge in [0.15, 0.2) is 11.5 Å². The van der Waals surface area contributed by atoms with Crippen molar-refractivity contribution in [1.29, 1.82) is 0 Å². The van der Waals surface area contributed by atoms with Gasteiger partial charge < -0.3 is 14.8 Å². The van der Waals surface area contributed by atoms with E-state index in [1.165, 1.54) is 0 Å². The second-order valence-corrected chi connectivity index (χ2v) is 8.93. The van der Waals surface area contributed by atoms with Crippen molar-refractivity contribution < 1.29 is 14.3 Å². The molecule has 0 aliphatic carbocycles. The zero-order chi connectivity index (χ0) is 22.1. The van der Waals surface area contributed by atoms with E-state index in [4.69, 9.17) is 9.47 Å². The molecule has 3 aromatic rings. The Bertz CT molecular complexity index is 987. The molecular weight excluding hydrogens is 428 g/mol. The summed E-state index contributed by atoms with van der Waals surface area (Å²) in [4.78, 5) is 18.1. The lowest BCUT2D eigenvalue weighted by molar-refractivity contribution is 0.0954. The second-order valence-electron chi connectivity index (χ2n) is 6.82. The van der Waals surface area contributed by atoms with Gasteiger partial charge in [-0.2, -0.15) is 0 Å². The Morgan fingerprint density at radius 1 is 1.06 bits per heavy atom. The number of aryl methyl sites for hydroxylation is 1. The van der Waals surface area contributed by atoms with Crippen molar-refractivity contribution in [2.75, 3.05) is 19.8 Å². The number of hydrogen-bond acceptors (Lipinski definition) is 6. The van der Waals surface area contributed by atoms with Gasteiger partial charge in [-0.15, -0.1) is 23.1 Å². The molecule has 1 heterocycles. The Labute approximate surface area is 192 Å². The summed E-state index contributed by atoms with van der Waals surface area (Å²) >= 11 is 3.39. The number of thioether (sulfide) groups is 1. The number of thiazole rings is 1. The molecule has 0 unspecified atom stereocenters. The first kappa shape index (κ1) is 23.2. The highest BCUT2D eigenvalue weighted by Crippen LogP contribution is 2.28. The van der Waals surface area contributed by atoms with E-state index in [0.717, 1.165) is 44.8 Å². The largest absolute Gasteiger partial charge is 0.490 e. The van der Waals surface area contributed by atoms with Gasteiger partial charge in [0, 0.05) is 28.1 Å². The maximum atomic E-state index is 12.5. The molecule has 1 N–H and O–H groups in total. The Balaban J connectivity index is 1.48.